The quantitative estimate of drug-likeness (QED) is 0.166. The lowest BCUT2D eigenvalue weighted by Crippen LogP contribution is -2.25. The molecule has 0 saturated heterocycles. The minimum atomic E-state index is -0.109. The van der Waals surface area contributed by atoms with Gasteiger partial charge in [0, 0.05) is 5.92 Å². The average molecular weight is 423 g/mol. The molecule has 0 aliphatic heterocycles. The molecule has 0 aromatic heterocycles. The molecule has 1 aliphatic rings. The maximum Gasteiger partial charge on any atom is 0.306 e. The van der Waals surface area contributed by atoms with E-state index in [0.29, 0.717) is 18.9 Å². The van der Waals surface area contributed by atoms with Crippen molar-refractivity contribution in [3.05, 3.63) is 84.5 Å². The molecule has 0 fully saturated rings. The number of hydrogen-bond donors (Lipinski definition) is 0. The number of carbonyl (C=O) groups is 1. The molecule has 0 bridgehead atoms. The first kappa shape index (κ1) is 20.8. The summed E-state index contributed by atoms with van der Waals surface area (Å²) in [6, 6.07) is 20.0. The van der Waals surface area contributed by atoms with E-state index in [1.165, 1.54) is 37.9 Å². The van der Waals surface area contributed by atoms with E-state index < -0.39 is 0 Å². The van der Waals surface area contributed by atoms with Gasteiger partial charge in [-0.25, -0.2) is 0 Å². The molecule has 2 nitrogen and oxygen atoms in total. The van der Waals surface area contributed by atoms with Crippen molar-refractivity contribution in [3.8, 4) is 0 Å². The van der Waals surface area contributed by atoms with E-state index in [1.54, 1.807) is 0 Å². The van der Waals surface area contributed by atoms with Crippen molar-refractivity contribution in [2.45, 2.75) is 39.5 Å². The van der Waals surface area contributed by atoms with Crippen LogP contribution in [0.2, 0.25) is 0 Å². The number of allylic oxidation sites excluding steroid dienone is 4. The Bertz CT molecular complexity index is 1300. The molecular weight excluding hydrogens is 392 g/mol. The van der Waals surface area contributed by atoms with Gasteiger partial charge in [-0.3, -0.25) is 4.79 Å². The topological polar surface area (TPSA) is 26.3 Å². The van der Waals surface area contributed by atoms with Gasteiger partial charge in [-0.15, -0.1) is 0 Å². The fraction of sp³-hybridized carbons (Fsp3) is 0.300. The van der Waals surface area contributed by atoms with E-state index >= 15 is 0 Å². The lowest BCUT2D eigenvalue weighted by Gasteiger charge is -2.28. The summed E-state index contributed by atoms with van der Waals surface area (Å²) < 4.78 is 5.57. The van der Waals surface area contributed by atoms with Crippen LogP contribution in [0.3, 0.4) is 0 Å². The largest absolute Gasteiger partial charge is 0.466 e. The van der Waals surface area contributed by atoms with Crippen LogP contribution in [0.25, 0.3) is 32.3 Å². The first-order valence-corrected chi connectivity index (χ1v) is 11.7. The molecule has 1 aliphatic carbocycles. The van der Waals surface area contributed by atoms with Crippen LogP contribution >= 0.6 is 0 Å². The summed E-state index contributed by atoms with van der Waals surface area (Å²) in [5.74, 6) is 0.219. The summed E-state index contributed by atoms with van der Waals surface area (Å²) in [4.78, 5) is 12.3. The van der Waals surface area contributed by atoms with E-state index in [4.69, 9.17) is 4.74 Å². The second-order valence-corrected chi connectivity index (χ2v) is 9.72. The summed E-state index contributed by atoms with van der Waals surface area (Å²) in [7, 11) is 0. The Labute approximate surface area is 189 Å². The van der Waals surface area contributed by atoms with Crippen LogP contribution in [0.1, 0.15) is 38.7 Å². The Morgan fingerprint density at radius 3 is 2.25 bits per heavy atom. The number of ether oxygens (including phenoxy) is 1. The van der Waals surface area contributed by atoms with Crippen molar-refractivity contribution in [1.29, 1.82) is 0 Å². The van der Waals surface area contributed by atoms with Gasteiger partial charge in [0.2, 0.25) is 0 Å². The van der Waals surface area contributed by atoms with Gasteiger partial charge in [0.15, 0.2) is 0 Å². The number of aryl methyl sites for hydroxylation is 1. The average Bonchev–Trinajstić information content (AvgIpc) is 3.34. The zero-order chi connectivity index (χ0) is 22.1. The first-order valence-electron chi connectivity index (χ1n) is 11.7. The maximum atomic E-state index is 12.3. The minimum absolute atomic E-state index is 0.0913. The van der Waals surface area contributed by atoms with Crippen molar-refractivity contribution < 1.29 is 9.53 Å². The Morgan fingerprint density at radius 2 is 1.50 bits per heavy atom. The molecule has 4 aromatic carbocycles. The lowest BCUT2D eigenvalue weighted by atomic mass is 9.77. The fourth-order valence-corrected chi connectivity index (χ4v) is 5.11. The van der Waals surface area contributed by atoms with Crippen molar-refractivity contribution >= 4 is 38.3 Å². The molecule has 0 heterocycles. The van der Waals surface area contributed by atoms with Crippen LogP contribution in [0.4, 0.5) is 0 Å². The van der Waals surface area contributed by atoms with Gasteiger partial charge in [0.25, 0.3) is 0 Å². The van der Waals surface area contributed by atoms with Crippen molar-refractivity contribution in [3.63, 3.8) is 0 Å². The van der Waals surface area contributed by atoms with Crippen LogP contribution in [-0.4, -0.2) is 12.6 Å². The highest BCUT2D eigenvalue weighted by Crippen LogP contribution is 2.37. The highest BCUT2D eigenvalue weighted by atomic mass is 16.5. The Hall–Kier alpha value is -3.13. The second kappa shape index (κ2) is 8.43. The van der Waals surface area contributed by atoms with E-state index in [9.17, 15) is 4.79 Å². The van der Waals surface area contributed by atoms with Gasteiger partial charge in [-0.2, -0.15) is 0 Å². The molecule has 2 heteroatoms. The first-order chi connectivity index (χ1) is 15.5. The molecular formula is C30H30O2. The minimum Gasteiger partial charge on any atom is -0.466 e. The second-order valence-electron chi connectivity index (χ2n) is 9.72. The predicted molar refractivity (Wildman–Crippen MR) is 134 cm³/mol. The molecule has 0 unspecified atom stereocenters. The Kier molecular flexibility index (Phi) is 5.46. The summed E-state index contributed by atoms with van der Waals surface area (Å²) >= 11 is 0. The molecule has 0 spiro atoms. The van der Waals surface area contributed by atoms with Gasteiger partial charge in [0.1, 0.15) is 0 Å². The third kappa shape index (κ3) is 3.90. The summed E-state index contributed by atoms with van der Waals surface area (Å²) in [5.41, 5.74) is 1.27. The molecule has 0 atom stereocenters. The number of unbranched alkanes of at least 4 members (excludes halogenated alkanes) is 1. The fourth-order valence-electron chi connectivity index (χ4n) is 5.11. The third-order valence-corrected chi connectivity index (χ3v) is 6.97. The lowest BCUT2D eigenvalue weighted by molar-refractivity contribution is -0.146. The van der Waals surface area contributed by atoms with E-state index in [1.807, 2.05) is 0 Å². The molecule has 4 aromatic rings. The molecule has 32 heavy (non-hydrogen) atoms. The summed E-state index contributed by atoms with van der Waals surface area (Å²) in [6.07, 6.45) is 11.8. The van der Waals surface area contributed by atoms with E-state index in [0.717, 1.165) is 19.3 Å². The monoisotopic (exact) mass is 422 g/mol. The number of esters is 1. The molecule has 0 saturated carbocycles. The van der Waals surface area contributed by atoms with Crippen LogP contribution in [-0.2, 0) is 16.0 Å². The van der Waals surface area contributed by atoms with Crippen LogP contribution in [0.5, 0.6) is 0 Å². The van der Waals surface area contributed by atoms with Crippen LogP contribution < -0.4 is 0 Å². The smallest absolute Gasteiger partial charge is 0.306 e. The van der Waals surface area contributed by atoms with Crippen LogP contribution in [0.15, 0.2) is 78.9 Å². The maximum absolute atomic E-state index is 12.3. The SMILES string of the molecule is CC(C)(CC(=O)OCCCCc1ccc2ccc3cccc4ccc1c2c34)C1C=CC=C1. The molecule has 0 N–H and O–H groups in total. The summed E-state index contributed by atoms with van der Waals surface area (Å²) in [5, 5.41) is 8.00. The number of benzene rings is 4. The number of carbonyl (C=O) groups excluding carboxylic acids is 1. The number of hydrogen-bond acceptors (Lipinski definition) is 2. The predicted octanol–water partition coefficient (Wildman–Crippen LogP) is 7.61. The zero-order valence-corrected chi connectivity index (χ0v) is 18.9. The Morgan fingerprint density at radius 1 is 0.844 bits per heavy atom. The Balaban J connectivity index is 1.20. The van der Waals surface area contributed by atoms with Gasteiger partial charge in [0.05, 0.1) is 13.0 Å². The van der Waals surface area contributed by atoms with Crippen LogP contribution in [0, 0.1) is 11.3 Å². The molecule has 0 radical (unpaired) electrons. The van der Waals surface area contributed by atoms with Crippen molar-refractivity contribution in [2.75, 3.05) is 6.61 Å². The normalized spacial score (nSPS) is 14.3. The zero-order valence-electron chi connectivity index (χ0n) is 18.9. The summed E-state index contributed by atoms with van der Waals surface area (Å²) in [6.45, 7) is 4.76. The van der Waals surface area contributed by atoms with Crippen molar-refractivity contribution in [1.82, 2.24) is 0 Å². The third-order valence-electron chi connectivity index (χ3n) is 6.97. The van der Waals surface area contributed by atoms with Crippen molar-refractivity contribution in [2.24, 2.45) is 11.3 Å². The van der Waals surface area contributed by atoms with Gasteiger partial charge in [-0.1, -0.05) is 92.7 Å². The molecule has 5 rings (SSSR count). The van der Waals surface area contributed by atoms with E-state index in [2.05, 4.69) is 92.7 Å². The van der Waals surface area contributed by atoms with Gasteiger partial charge >= 0.3 is 5.97 Å². The molecule has 0 amide bonds. The van der Waals surface area contributed by atoms with Gasteiger partial charge in [-0.05, 0) is 62.6 Å². The highest BCUT2D eigenvalue weighted by molar-refractivity contribution is 6.23. The number of rotatable bonds is 8. The van der Waals surface area contributed by atoms with Gasteiger partial charge < -0.3 is 4.74 Å². The van der Waals surface area contributed by atoms with E-state index in [-0.39, 0.29) is 11.4 Å². The highest BCUT2D eigenvalue weighted by Gasteiger charge is 2.30. The standard InChI is InChI=1S/C30H30O2/c1-30(2,25-11-3-4-12-25)20-27(31)32-19-6-5-8-21-13-14-24-16-15-22-9-7-10-23-17-18-26(21)29(24)28(22)23/h3-4,7,9-18,25H,5-6,8,19-20H2,1-2H3. The molecule has 162 valence electrons.